The van der Waals surface area contributed by atoms with E-state index in [4.69, 9.17) is 0 Å². The fourth-order valence-electron chi connectivity index (χ4n) is 2.53. The zero-order chi connectivity index (χ0) is 17.8. The zero-order valence-electron chi connectivity index (χ0n) is 14.6. The molecule has 2 rings (SSSR count). The highest BCUT2D eigenvalue weighted by Gasteiger charge is 2.19. The predicted molar refractivity (Wildman–Crippen MR) is 96.7 cm³/mol. The molecule has 0 aliphatic heterocycles. The van der Waals surface area contributed by atoms with E-state index in [1.807, 2.05) is 0 Å². The minimum Gasteiger partial charge on any atom is -0.361 e. The number of hydrogen-bond acceptors (Lipinski definition) is 4. The molecule has 0 heterocycles. The van der Waals surface area contributed by atoms with Crippen molar-refractivity contribution < 1.29 is 9.50 Å². The molecule has 132 valence electrons. The van der Waals surface area contributed by atoms with Crippen molar-refractivity contribution in [2.75, 3.05) is 12.4 Å². The number of nitrogens with two attached hydrogens (primary N) is 1. The first kappa shape index (κ1) is 21.6. The van der Waals surface area contributed by atoms with Gasteiger partial charge in [0, 0.05) is 11.7 Å². The van der Waals surface area contributed by atoms with Crippen molar-refractivity contribution in [3.63, 3.8) is 0 Å². The molecule has 1 aliphatic carbocycles. The van der Waals surface area contributed by atoms with E-state index in [1.165, 1.54) is 26.0 Å². The first-order valence-electron chi connectivity index (χ1n) is 8.09. The summed E-state index contributed by atoms with van der Waals surface area (Å²) in [7, 11) is 1.50. The van der Waals surface area contributed by atoms with Crippen LogP contribution < -0.4 is 16.4 Å². The summed E-state index contributed by atoms with van der Waals surface area (Å²) in [5.74, 6) is 0.526. The molecule has 1 aromatic rings. The van der Waals surface area contributed by atoms with Gasteiger partial charge >= 0.3 is 0 Å². The van der Waals surface area contributed by atoms with E-state index >= 15 is 0 Å². The lowest BCUT2D eigenvalue weighted by Crippen LogP contribution is -2.44. The van der Waals surface area contributed by atoms with Crippen molar-refractivity contribution in [2.24, 2.45) is 11.7 Å². The number of hydrogen-bond donors (Lipinski definition) is 4. The second-order valence-corrected chi connectivity index (χ2v) is 5.63. The van der Waals surface area contributed by atoms with Crippen LogP contribution >= 0.6 is 0 Å². The van der Waals surface area contributed by atoms with Gasteiger partial charge in [0.15, 0.2) is 6.35 Å². The Hall–Kier alpha value is -1.43. The normalized spacial score (nSPS) is 21.1. The standard InChI is InChI=1S/C15H23FN2O.C2H4.CH5N/c1-10-3-6-12(7-4-10)17-15(19)18-13-8-5-11(2)14(16)9-13;2*1-2/h5,8-10,12,15,17-19H,3-4,6-7H2,1-2H3;1-2H2;2H2,1H3. The van der Waals surface area contributed by atoms with Gasteiger partial charge in [-0.25, -0.2) is 4.39 Å². The quantitative estimate of drug-likeness (QED) is 0.506. The van der Waals surface area contributed by atoms with E-state index in [2.05, 4.69) is 36.4 Å². The number of aryl methyl sites for hydroxylation is 1. The maximum Gasteiger partial charge on any atom is 0.181 e. The van der Waals surface area contributed by atoms with Crippen molar-refractivity contribution in [1.29, 1.82) is 0 Å². The Morgan fingerprint density at radius 3 is 2.30 bits per heavy atom. The Labute approximate surface area is 140 Å². The van der Waals surface area contributed by atoms with Gasteiger partial charge in [-0.2, -0.15) is 0 Å². The molecule has 1 atom stereocenters. The molecule has 0 saturated heterocycles. The number of benzene rings is 1. The van der Waals surface area contributed by atoms with Crippen LogP contribution in [0.1, 0.15) is 38.2 Å². The first-order chi connectivity index (χ1) is 11.0. The average Bonchev–Trinajstić information content (AvgIpc) is 2.57. The molecule has 5 heteroatoms. The molecule has 5 N–H and O–H groups in total. The zero-order valence-corrected chi connectivity index (χ0v) is 14.6. The van der Waals surface area contributed by atoms with Crippen molar-refractivity contribution in [1.82, 2.24) is 5.32 Å². The topological polar surface area (TPSA) is 70.3 Å². The van der Waals surface area contributed by atoms with Crippen molar-refractivity contribution in [2.45, 2.75) is 51.9 Å². The Balaban J connectivity index is 0.00000112. The minimum atomic E-state index is -0.833. The van der Waals surface area contributed by atoms with Crippen LogP contribution in [0.3, 0.4) is 0 Å². The average molecular weight is 325 g/mol. The highest BCUT2D eigenvalue weighted by Crippen LogP contribution is 2.23. The molecule has 1 saturated carbocycles. The lowest BCUT2D eigenvalue weighted by atomic mass is 9.87. The van der Waals surface area contributed by atoms with Crippen molar-refractivity contribution in [3.8, 4) is 0 Å². The summed E-state index contributed by atoms with van der Waals surface area (Å²) >= 11 is 0. The van der Waals surface area contributed by atoms with Gasteiger partial charge in [0.05, 0.1) is 0 Å². The summed E-state index contributed by atoms with van der Waals surface area (Å²) in [6.45, 7) is 9.98. The fourth-order valence-corrected chi connectivity index (χ4v) is 2.53. The maximum atomic E-state index is 13.4. The Morgan fingerprint density at radius 2 is 1.78 bits per heavy atom. The molecule has 0 aromatic heterocycles. The molecular formula is C18H32FN3O. The van der Waals surface area contributed by atoms with Crippen LogP contribution in [0.15, 0.2) is 31.4 Å². The van der Waals surface area contributed by atoms with Crippen LogP contribution in [-0.4, -0.2) is 24.5 Å². The maximum absolute atomic E-state index is 13.4. The number of aliphatic hydroxyl groups is 1. The Bertz CT molecular complexity index is 434. The third kappa shape index (κ3) is 8.11. The highest BCUT2D eigenvalue weighted by atomic mass is 19.1. The fraction of sp³-hybridized carbons (Fsp3) is 0.556. The van der Waals surface area contributed by atoms with Crippen LogP contribution in [-0.2, 0) is 0 Å². The SMILES string of the molecule is C=C.CN.Cc1ccc(NC(O)NC2CCC(C)CC2)cc1F. The third-order valence-corrected chi connectivity index (χ3v) is 3.88. The minimum absolute atomic E-state index is 0.260. The number of nitrogens with one attached hydrogen (secondary N) is 2. The first-order valence-corrected chi connectivity index (χ1v) is 8.09. The van der Waals surface area contributed by atoms with E-state index in [0.29, 0.717) is 17.3 Å². The Morgan fingerprint density at radius 1 is 1.22 bits per heavy atom. The second kappa shape index (κ2) is 12.0. The largest absolute Gasteiger partial charge is 0.361 e. The molecule has 0 spiro atoms. The van der Waals surface area contributed by atoms with Gasteiger partial charge in [-0.15, -0.1) is 13.2 Å². The van der Waals surface area contributed by atoms with Gasteiger partial charge in [-0.3, -0.25) is 5.32 Å². The van der Waals surface area contributed by atoms with Gasteiger partial charge in [0.1, 0.15) is 5.82 Å². The molecule has 0 bridgehead atoms. The number of aliphatic hydroxyl groups excluding tert-OH is 1. The third-order valence-electron chi connectivity index (χ3n) is 3.88. The lowest BCUT2D eigenvalue weighted by molar-refractivity contribution is 0.133. The van der Waals surface area contributed by atoms with Crippen molar-refractivity contribution in [3.05, 3.63) is 42.7 Å². The van der Waals surface area contributed by atoms with Crippen molar-refractivity contribution >= 4 is 5.69 Å². The molecule has 1 aromatic carbocycles. The van der Waals surface area contributed by atoms with E-state index in [1.54, 1.807) is 19.1 Å². The van der Waals surface area contributed by atoms with Crippen LogP contribution in [0, 0.1) is 18.7 Å². The summed E-state index contributed by atoms with van der Waals surface area (Å²) in [6, 6.07) is 5.22. The van der Waals surface area contributed by atoms with Crippen LogP contribution in [0.25, 0.3) is 0 Å². The van der Waals surface area contributed by atoms with Crippen LogP contribution in [0.2, 0.25) is 0 Å². The lowest BCUT2D eigenvalue weighted by Gasteiger charge is -2.29. The molecule has 0 radical (unpaired) electrons. The molecule has 4 nitrogen and oxygen atoms in total. The molecule has 23 heavy (non-hydrogen) atoms. The molecular weight excluding hydrogens is 293 g/mol. The Kier molecular flexibility index (Phi) is 11.3. The summed E-state index contributed by atoms with van der Waals surface area (Å²) < 4.78 is 13.4. The summed E-state index contributed by atoms with van der Waals surface area (Å²) in [6.07, 6.45) is 3.73. The van der Waals surface area contributed by atoms with Gasteiger partial charge in [0.2, 0.25) is 0 Å². The van der Waals surface area contributed by atoms with Crippen LogP contribution in [0.5, 0.6) is 0 Å². The second-order valence-electron chi connectivity index (χ2n) is 5.63. The summed E-state index contributed by atoms with van der Waals surface area (Å²) in [5, 5.41) is 16.0. The van der Waals surface area contributed by atoms with Gasteiger partial charge in [-0.05, 0) is 63.3 Å². The highest BCUT2D eigenvalue weighted by molar-refractivity contribution is 5.45. The van der Waals surface area contributed by atoms with E-state index in [0.717, 1.165) is 18.8 Å². The summed E-state index contributed by atoms with van der Waals surface area (Å²) in [4.78, 5) is 0. The predicted octanol–water partition coefficient (Wildman–Crippen LogP) is 3.37. The van der Waals surface area contributed by atoms with Gasteiger partial charge in [-0.1, -0.05) is 13.0 Å². The molecule has 1 fully saturated rings. The van der Waals surface area contributed by atoms with E-state index in [-0.39, 0.29) is 5.82 Å². The monoisotopic (exact) mass is 325 g/mol. The molecule has 1 aliphatic rings. The van der Waals surface area contributed by atoms with Gasteiger partial charge < -0.3 is 16.2 Å². The van der Waals surface area contributed by atoms with E-state index < -0.39 is 6.35 Å². The summed E-state index contributed by atoms with van der Waals surface area (Å²) in [5.41, 5.74) is 5.70. The van der Waals surface area contributed by atoms with E-state index in [9.17, 15) is 9.50 Å². The molecule has 1 unspecified atom stereocenters. The van der Waals surface area contributed by atoms with Gasteiger partial charge in [0.25, 0.3) is 0 Å². The smallest absolute Gasteiger partial charge is 0.181 e. The number of anilines is 1. The number of rotatable bonds is 4. The molecule has 0 amide bonds. The van der Waals surface area contributed by atoms with Crippen LogP contribution in [0.4, 0.5) is 10.1 Å². The number of halogens is 1.